The van der Waals surface area contributed by atoms with Gasteiger partial charge in [0.15, 0.2) is 5.82 Å². The van der Waals surface area contributed by atoms with Crippen molar-refractivity contribution >= 4 is 43.5 Å². The van der Waals surface area contributed by atoms with Crippen LogP contribution in [0.15, 0.2) is 164 Å². The smallest absolute Gasteiger partial charge is 0.162 e. The fraction of sp³-hybridized carbons (Fsp3) is 0. The largest absolute Gasteiger partial charge is 0.293 e. The highest BCUT2D eigenvalue weighted by molar-refractivity contribution is 6.14. The van der Waals surface area contributed by atoms with E-state index in [0.29, 0.717) is 5.82 Å². The summed E-state index contributed by atoms with van der Waals surface area (Å²) in [7, 11) is 0. The Hall–Kier alpha value is -6.06. The Balaban J connectivity index is 1.19. The highest BCUT2D eigenvalue weighted by Gasteiger charge is 2.18. The summed E-state index contributed by atoms with van der Waals surface area (Å²) in [5.41, 5.74) is 8.95. The lowest BCUT2D eigenvalue weighted by Crippen LogP contribution is -2.02. The third kappa shape index (κ3) is 4.29. The van der Waals surface area contributed by atoms with Crippen LogP contribution in [0.3, 0.4) is 0 Å². The number of para-hydroxylation sites is 2. The van der Waals surface area contributed by atoms with Crippen molar-refractivity contribution in [3.8, 4) is 39.5 Å². The number of rotatable bonds is 4. The molecule has 0 bridgehead atoms. The molecule has 0 saturated heterocycles. The van der Waals surface area contributed by atoms with E-state index in [9.17, 15) is 0 Å². The molecule has 7 aromatic carbocycles. The third-order valence-corrected chi connectivity index (χ3v) is 8.80. The van der Waals surface area contributed by atoms with Crippen LogP contribution in [-0.4, -0.2) is 14.5 Å². The molecular weight excluding hydrogens is 546 g/mol. The molecule has 3 heteroatoms. The first-order chi connectivity index (χ1) is 22.3. The molecular formula is C42H27N3. The van der Waals surface area contributed by atoms with Crippen LogP contribution in [0.5, 0.6) is 0 Å². The van der Waals surface area contributed by atoms with Gasteiger partial charge in [0.1, 0.15) is 5.82 Å². The van der Waals surface area contributed by atoms with Crippen molar-refractivity contribution < 1.29 is 0 Å². The molecule has 210 valence electrons. The van der Waals surface area contributed by atoms with Gasteiger partial charge in [-0.15, -0.1) is 0 Å². The molecule has 0 saturated carbocycles. The molecule has 0 atom stereocenters. The number of hydrogen-bond acceptors (Lipinski definition) is 2. The number of hydrogen-bond donors (Lipinski definition) is 0. The maximum Gasteiger partial charge on any atom is 0.162 e. The van der Waals surface area contributed by atoms with E-state index in [-0.39, 0.29) is 0 Å². The van der Waals surface area contributed by atoms with Crippen LogP contribution in [0.4, 0.5) is 0 Å². The minimum atomic E-state index is 0.710. The van der Waals surface area contributed by atoms with Gasteiger partial charge in [0.25, 0.3) is 0 Å². The molecule has 0 spiro atoms. The maximum atomic E-state index is 5.29. The van der Waals surface area contributed by atoms with Gasteiger partial charge < -0.3 is 0 Å². The Kier molecular flexibility index (Phi) is 5.82. The van der Waals surface area contributed by atoms with Gasteiger partial charge in [-0.2, -0.15) is 0 Å². The first kappa shape index (κ1) is 25.4. The summed E-state index contributed by atoms with van der Waals surface area (Å²) in [5.74, 6) is 1.60. The number of fused-ring (bicyclic) bond motifs is 5. The second-order valence-corrected chi connectivity index (χ2v) is 11.5. The molecule has 0 fully saturated rings. The zero-order valence-electron chi connectivity index (χ0n) is 24.4. The van der Waals surface area contributed by atoms with E-state index in [1.807, 2.05) is 12.1 Å². The zero-order valence-corrected chi connectivity index (χ0v) is 24.4. The Morgan fingerprint density at radius 1 is 0.356 bits per heavy atom. The van der Waals surface area contributed by atoms with E-state index in [4.69, 9.17) is 9.97 Å². The van der Waals surface area contributed by atoms with Crippen molar-refractivity contribution in [3.05, 3.63) is 164 Å². The summed E-state index contributed by atoms with van der Waals surface area (Å²) in [5, 5.41) is 5.89. The zero-order chi connectivity index (χ0) is 29.7. The van der Waals surface area contributed by atoms with Crippen LogP contribution >= 0.6 is 0 Å². The van der Waals surface area contributed by atoms with E-state index in [1.54, 1.807) is 0 Å². The third-order valence-electron chi connectivity index (χ3n) is 8.80. The molecule has 9 aromatic rings. The predicted octanol–water partition coefficient (Wildman–Crippen LogP) is 10.9. The summed E-state index contributed by atoms with van der Waals surface area (Å²) in [6.45, 7) is 0. The van der Waals surface area contributed by atoms with Gasteiger partial charge in [0.2, 0.25) is 0 Å². The molecule has 3 nitrogen and oxygen atoms in total. The molecule has 45 heavy (non-hydrogen) atoms. The van der Waals surface area contributed by atoms with Gasteiger partial charge in [-0.3, -0.25) is 4.57 Å². The number of benzene rings is 7. The van der Waals surface area contributed by atoms with Crippen molar-refractivity contribution in [3.63, 3.8) is 0 Å². The van der Waals surface area contributed by atoms with E-state index < -0.39 is 0 Å². The molecule has 0 aliphatic rings. The van der Waals surface area contributed by atoms with Crippen molar-refractivity contribution in [1.29, 1.82) is 0 Å². The Bertz CT molecular complexity index is 2510. The average molecular weight is 574 g/mol. The van der Waals surface area contributed by atoms with Crippen LogP contribution in [0.1, 0.15) is 0 Å². The van der Waals surface area contributed by atoms with Gasteiger partial charge in [-0.05, 0) is 63.4 Å². The van der Waals surface area contributed by atoms with E-state index in [0.717, 1.165) is 38.9 Å². The van der Waals surface area contributed by atoms with Crippen LogP contribution < -0.4 is 0 Å². The maximum absolute atomic E-state index is 5.29. The monoisotopic (exact) mass is 573 g/mol. The minimum absolute atomic E-state index is 0.710. The topological polar surface area (TPSA) is 30.7 Å². The van der Waals surface area contributed by atoms with E-state index in [1.165, 1.54) is 38.2 Å². The van der Waals surface area contributed by atoms with Gasteiger partial charge in [0, 0.05) is 21.7 Å². The summed E-state index contributed by atoms with van der Waals surface area (Å²) in [6, 6.07) is 57.9. The van der Waals surface area contributed by atoms with Crippen molar-refractivity contribution in [2.45, 2.75) is 0 Å². The minimum Gasteiger partial charge on any atom is -0.293 e. The molecule has 2 heterocycles. The van der Waals surface area contributed by atoms with Gasteiger partial charge in [-0.25, -0.2) is 9.97 Å². The second kappa shape index (κ2) is 10.3. The molecule has 0 amide bonds. The predicted molar refractivity (Wildman–Crippen MR) is 188 cm³/mol. The Morgan fingerprint density at radius 3 is 1.60 bits per heavy atom. The fourth-order valence-corrected chi connectivity index (χ4v) is 6.54. The molecule has 0 radical (unpaired) electrons. The SMILES string of the molecule is c1ccc(-c2ccc(-c3ccc(-c4nc(-n5c6ccccc6c6cc7ccccc7cc65)c5ccccc5n4)cc3)cc2)cc1. The van der Waals surface area contributed by atoms with Gasteiger partial charge in [-0.1, -0.05) is 133 Å². The van der Waals surface area contributed by atoms with Gasteiger partial charge >= 0.3 is 0 Å². The van der Waals surface area contributed by atoms with Crippen molar-refractivity contribution in [2.24, 2.45) is 0 Å². The normalized spacial score (nSPS) is 11.6. The molecule has 9 rings (SSSR count). The molecule has 0 N–H and O–H groups in total. The first-order valence-electron chi connectivity index (χ1n) is 15.3. The van der Waals surface area contributed by atoms with Crippen molar-refractivity contribution in [2.75, 3.05) is 0 Å². The average Bonchev–Trinajstić information content (AvgIpc) is 3.43. The summed E-state index contributed by atoms with van der Waals surface area (Å²) < 4.78 is 2.31. The summed E-state index contributed by atoms with van der Waals surface area (Å²) in [6.07, 6.45) is 0. The van der Waals surface area contributed by atoms with Crippen LogP contribution in [-0.2, 0) is 0 Å². The lowest BCUT2D eigenvalue weighted by atomic mass is 9.99. The number of nitrogens with zero attached hydrogens (tertiary/aromatic N) is 3. The first-order valence-corrected chi connectivity index (χ1v) is 15.3. The van der Waals surface area contributed by atoms with Crippen LogP contribution in [0.25, 0.3) is 82.9 Å². The summed E-state index contributed by atoms with van der Waals surface area (Å²) in [4.78, 5) is 10.3. The molecule has 0 aliphatic carbocycles. The molecule has 2 aromatic heterocycles. The standard InChI is InChI=1S/C42H27N3/c1-2-10-28(11-3-1)29-18-20-30(21-19-29)31-22-24-32(25-23-31)41-43-38-16-8-6-15-36(38)42(44-41)45-39-17-9-7-14-35(39)37-26-33-12-4-5-13-34(33)27-40(37)45/h1-27H. The lowest BCUT2D eigenvalue weighted by molar-refractivity contribution is 1.08. The van der Waals surface area contributed by atoms with Crippen LogP contribution in [0.2, 0.25) is 0 Å². The Morgan fingerprint density at radius 2 is 0.889 bits per heavy atom. The highest BCUT2D eigenvalue weighted by Crippen LogP contribution is 2.37. The van der Waals surface area contributed by atoms with E-state index in [2.05, 4.69) is 156 Å². The second-order valence-electron chi connectivity index (χ2n) is 11.5. The van der Waals surface area contributed by atoms with Crippen LogP contribution in [0, 0.1) is 0 Å². The van der Waals surface area contributed by atoms with Gasteiger partial charge in [0.05, 0.1) is 16.6 Å². The molecule has 0 aliphatic heterocycles. The number of aromatic nitrogens is 3. The quantitative estimate of drug-likeness (QED) is 0.210. The summed E-state index contributed by atoms with van der Waals surface area (Å²) >= 11 is 0. The molecule has 0 unspecified atom stereocenters. The van der Waals surface area contributed by atoms with Crippen molar-refractivity contribution in [1.82, 2.24) is 14.5 Å². The lowest BCUT2D eigenvalue weighted by Gasteiger charge is -2.13. The highest BCUT2D eigenvalue weighted by atomic mass is 15.1. The Labute approximate surface area is 260 Å². The van der Waals surface area contributed by atoms with E-state index >= 15 is 0 Å². The fourth-order valence-electron chi connectivity index (χ4n) is 6.54.